The second kappa shape index (κ2) is 10.3. The smallest absolute Gasteiger partial charge is 0.305 e. The third kappa shape index (κ3) is 9.30. The van der Waals surface area contributed by atoms with Gasteiger partial charge < -0.3 is 4.74 Å². The third-order valence-corrected chi connectivity index (χ3v) is 1.96. The maximum Gasteiger partial charge on any atom is 0.305 e. The molecule has 0 rings (SSSR count). The van der Waals surface area contributed by atoms with Crippen LogP contribution in [-0.2, 0) is 9.53 Å². The van der Waals surface area contributed by atoms with Crippen LogP contribution in [0.5, 0.6) is 0 Å². The molecule has 0 bridgehead atoms. The molecule has 2 heteroatoms. The second-order valence-electron chi connectivity index (χ2n) is 3.33. The van der Waals surface area contributed by atoms with E-state index in [2.05, 4.69) is 19.1 Å². The molecular weight excluding hydrogens is 176 g/mol. The summed E-state index contributed by atoms with van der Waals surface area (Å²) in [6.07, 6.45) is 10.5. The Kier molecular flexibility index (Phi) is 9.71. The Labute approximate surface area is 87.3 Å². The van der Waals surface area contributed by atoms with E-state index in [1.165, 1.54) is 19.3 Å². The normalized spacial score (nSPS) is 10.7. The van der Waals surface area contributed by atoms with E-state index in [-0.39, 0.29) is 5.97 Å². The summed E-state index contributed by atoms with van der Waals surface area (Å²) in [6, 6.07) is 0. The Balaban J connectivity index is 3.12. The van der Waals surface area contributed by atoms with Gasteiger partial charge >= 0.3 is 5.97 Å². The molecular formula is C12H22O2. The number of rotatable bonds is 8. The first-order valence-corrected chi connectivity index (χ1v) is 5.61. The van der Waals surface area contributed by atoms with Crippen molar-refractivity contribution in [1.82, 2.24) is 0 Å². The van der Waals surface area contributed by atoms with Crippen molar-refractivity contribution < 1.29 is 9.53 Å². The highest BCUT2D eigenvalue weighted by molar-refractivity contribution is 5.68. The average molecular weight is 198 g/mol. The van der Waals surface area contributed by atoms with Crippen molar-refractivity contribution in [2.24, 2.45) is 0 Å². The van der Waals surface area contributed by atoms with E-state index in [9.17, 15) is 4.79 Å². The third-order valence-electron chi connectivity index (χ3n) is 1.96. The lowest BCUT2D eigenvalue weighted by Crippen LogP contribution is -2.03. The van der Waals surface area contributed by atoms with E-state index in [1.807, 2.05) is 6.92 Å². The highest BCUT2D eigenvalue weighted by atomic mass is 16.5. The number of hydrogen-bond donors (Lipinski definition) is 0. The fourth-order valence-electron chi connectivity index (χ4n) is 1.05. The molecule has 0 heterocycles. The lowest BCUT2D eigenvalue weighted by molar-refractivity contribution is -0.143. The van der Waals surface area contributed by atoms with Crippen LogP contribution in [-0.4, -0.2) is 12.6 Å². The lowest BCUT2D eigenvalue weighted by Gasteiger charge is -2.00. The number of hydrogen-bond acceptors (Lipinski definition) is 2. The number of carbonyl (C=O) groups excluding carboxylic acids is 1. The zero-order valence-corrected chi connectivity index (χ0v) is 9.42. The molecule has 0 aliphatic carbocycles. The molecule has 0 radical (unpaired) electrons. The summed E-state index contributed by atoms with van der Waals surface area (Å²) in [7, 11) is 0. The summed E-state index contributed by atoms with van der Waals surface area (Å²) < 4.78 is 4.95. The quantitative estimate of drug-likeness (QED) is 0.339. The molecule has 0 fully saturated rings. The Morgan fingerprint density at radius 3 is 2.36 bits per heavy atom. The zero-order valence-electron chi connectivity index (χ0n) is 9.42. The Hall–Kier alpha value is -0.790. The molecule has 0 spiro atoms. The summed E-state index contributed by atoms with van der Waals surface area (Å²) in [4.78, 5) is 10.7. The van der Waals surface area contributed by atoms with Crippen LogP contribution < -0.4 is 0 Å². The van der Waals surface area contributed by atoms with Crippen molar-refractivity contribution in [3.8, 4) is 0 Å². The minimum atomic E-state index is -0.0973. The molecule has 0 aliphatic heterocycles. The SMILES string of the molecule is CCCC/C=C/CCCOC(=O)CC. The first-order valence-electron chi connectivity index (χ1n) is 5.61. The average Bonchev–Trinajstić information content (AvgIpc) is 2.21. The summed E-state index contributed by atoms with van der Waals surface area (Å²) in [5.41, 5.74) is 0. The van der Waals surface area contributed by atoms with Gasteiger partial charge in [0.25, 0.3) is 0 Å². The van der Waals surface area contributed by atoms with Gasteiger partial charge in [0, 0.05) is 6.42 Å². The minimum Gasteiger partial charge on any atom is -0.466 e. The van der Waals surface area contributed by atoms with E-state index in [0.717, 1.165) is 12.8 Å². The predicted molar refractivity (Wildman–Crippen MR) is 59.1 cm³/mol. The Bertz CT molecular complexity index is 162. The standard InChI is InChI=1S/C12H22O2/c1-3-5-6-7-8-9-10-11-14-12(13)4-2/h7-8H,3-6,9-11H2,1-2H3/b8-7+. The molecule has 0 aromatic rings. The maximum absolute atomic E-state index is 10.7. The van der Waals surface area contributed by atoms with E-state index >= 15 is 0 Å². The molecule has 2 nitrogen and oxygen atoms in total. The van der Waals surface area contributed by atoms with Crippen LogP contribution in [0, 0.1) is 0 Å². The van der Waals surface area contributed by atoms with Crippen molar-refractivity contribution >= 4 is 5.97 Å². The molecule has 82 valence electrons. The van der Waals surface area contributed by atoms with Gasteiger partial charge in [-0.3, -0.25) is 4.79 Å². The van der Waals surface area contributed by atoms with Gasteiger partial charge in [0.05, 0.1) is 6.61 Å². The van der Waals surface area contributed by atoms with Crippen LogP contribution in [0.2, 0.25) is 0 Å². The molecule has 0 saturated heterocycles. The van der Waals surface area contributed by atoms with Gasteiger partial charge in [0.2, 0.25) is 0 Å². The van der Waals surface area contributed by atoms with Crippen molar-refractivity contribution in [1.29, 1.82) is 0 Å². The van der Waals surface area contributed by atoms with Crippen LogP contribution in [0.15, 0.2) is 12.2 Å². The fraction of sp³-hybridized carbons (Fsp3) is 0.750. The highest BCUT2D eigenvalue weighted by Crippen LogP contribution is 1.98. The molecule has 0 saturated carbocycles. The predicted octanol–water partition coefficient (Wildman–Crippen LogP) is 3.47. The van der Waals surface area contributed by atoms with Crippen molar-refractivity contribution in [3.05, 3.63) is 12.2 Å². The number of unbranched alkanes of at least 4 members (excludes halogenated alkanes) is 3. The molecule has 0 atom stereocenters. The van der Waals surface area contributed by atoms with Gasteiger partial charge in [-0.2, -0.15) is 0 Å². The summed E-state index contributed by atoms with van der Waals surface area (Å²) >= 11 is 0. The second-order valence-corrected chi connectivity index (χ2v) is 3.33. The monoisotopic (exact) mass is 198 g/mol. The summed E-state index contributed by atoms with van der Waals surface area (Å²) in [5.74, 6) is -0.0973. The van der Waals surface area contributed by atoms with Gasteiger partial charge in [-0.05, 0) is 19.3 Å². The topological polar surface area (TPSA) is 26.3 Å². The first-order chi connectivity index (χ1) is 6.81. The van der Waals surface area contributed by atoms with Gasteiger partial charge in [-0.15, -0.1) is 0 Å². The molecule has 14 heavy (non-hydrogen) atoms. The molecule has 0 N–H and O–H groups in total. The molecule has 0 amide bonds. The van der Waals surface area contributed by atoms with Crippen LogP contribution in [0.1, 0.15) is 52.4 Å². The molecule has 0 unspecified atom stereocenters. The minimum absolute atomic E-state index is 0.0973. The van der Waals surface area contributed by atoms with Gasteiger partial charge in [0.1, 0.15) is 0 Å². The van der Waals surface area contributed by atoms with E-state index in [0.29, 0.717) is 13.0 Å². The van der Waals surface area contributed by atoms with Crippen LogP contribution >= 0.6 is 0 Å². The highest BCUT2D eigenvalue weighted by Gasteiger charge is 1.95. The van der Waals surface area contributed by atoms with Crippen molar-refractivity contribution in [2.45, 2.75) is 52.4 Å². The van der Waals surface area contributed by atoms with Gasteiger partial charge in [-0.1, -0.05) is 38.8 Å². The number of allylic oxidation sites excluding steroid dienone is 2. The van der Waals surface area contributed by atoms with Crippen LogP contribution in [0.4, 0.5) is 0 Å². The van der Waals surface area contributed by atoms with Crippen LogP contribution in [0.25, 0.3) is 0 Å². The van der Waals surface area contributed by atoms with Crippen molar-refractivity contribution in [3.63, 3.8) is 0 Å². The summed E-state index contributed by atoms with van der Waals surface area (Å²) in [6.45, 7) is 4.57. The molecule has 0 aromatic carbocycles. The number of carbonyl (C=O) groups is 1. The van der Waals surface area contributed by atoms with Gasteiger partial charge in [0.15, 0.2) is 0 Å². The Morgan fingerprint density at radius 2 is 1.79 bits per heavy atom. The number of esters is 1. The lowest BCUT2D eigenvalue weighted by atomic mass is 10.2. The van der Waals surface area contributed by atoms with E-state index in [1.54, 1.807) is 0 Å². The van der Waals surface area contributed by atoms with Crippen molar-refractivity contribution in [2.75, 3.05) is 6.61 Å². The van der Waals surface area contributed by atoms with Crippen LogP contribution in [0.3, 0.4) is 0 Å². The first kappa shape index (κ1) is 13.2. The maximum atomic E-state index is 10.7. The van der Waals surface area contributed by atoms with Gasteiger partial charge in [-0.25, -0.2) is 0 Å². The van der Waals surface area contributed by atoms with E-state index < -0.39 is 0 Å². The molecule has 0 aliphatic rings. The largest absolute Gasteiger partial charge is 0.466 e. The zero-order chi connectivity index (χ0) is 10.6. The Morgan fingerprint density at radius 1 is 1.14 bits per heavy atom. The fourth-order valence-corrected chi connectivity index (χ4v) is 1.05. The number of ether oxygens (including phenoxy) is 1. The van der Waals surface area contributed by atoms with E-state index in [4.69, 9.17) is 4.74 Å². The summed E-state index contributed by atoms with van der Waals surface area (Å²) in [5, 5.41) is 0. The molecule has 0 aromatic heterocycles.